The lowest BCUT2D eigenvalue weighted by atomic mass is 9.74. The highest BCUT2D eigenvalue weighted by Gasteiger charge is 2.45. The van der Waals surface area contributed by atoms with E-state index in [2.05, 4.69) is 10.5 Å². The first-order chi connectivity index (χ1) is 9.36. The van der Waals surface area contributed by atoms with Gasteiger partial charge in [0.2, 0.25) is 0 Å². The second kappa shape index (κ2) is 5.54. The molecular weight excluding hydrogens is 256 g/mol. The summed E-state index contributed by atoms with van der Waals surface area (Å²) in [5, 5.41) is 4.08. The quantitative estimate of drug-likeness (QED) is 0.635. The van der Waals surface area contributed by atoms with Crippen LogP contribution in [0.4, 0.5) is 0 Å². The number of hydrogen-bond donors (Lipinski definition) is 1. The molecule has 20 heavy (non-hydrogen) atoms. The van der Waals surface area contributed by atoms with Gasteiger partial charge in [-0.1, -0.05) is 19.3 Å². The number of hydrazone groups is 1. The molecule has 0 spiro atoms. The maximum atomic E-state index is 12.0. The van der Waals surface area contributed by atoms with Gasteiger partial charge in [-0.25, -0.2) is 4.79 Å². The van der Waals surface area contributed by atoms with Crippen LogP contribution in [0.5, 0.6) is 0 Å². The van der Waals surface area contributed by atoms with Crippen LogP contribution in [-0.4, -0.2) is 29.1 Å². The Morgan fingerprint density at radius 3 is 2.55 bits per heavy atom. The fourth-order valence-corrected chi connectivity index (χ4v) is 3.00. The van der Waals surface area contributed by atoms with Crippen molar-refractivity contribution in [1.82, 2.24) is 5.43 Å². The van der Waals surface area contributed by atoms with Crippen LogP contribution in [0.1, 0.15) is 59.3 Å². The standard InChI is InChI=1S/C15H24N2O3/c1-14(2,3)20-13(19)12-9-15(10-18,17-16-12)11-7-5-4-6-8-11/h10-11,17H,4-9H2,1-3H3/t15-/m0/s1. The number of nitrogens with zero attached hydrogens (tertiary/aromatic N) is 1. The Morgan fingerprint density at radius 1 is 1.35 bits per heavy atom. The zero-order valence-electron chi connectivity index (χ0n) is 12.6. The molecule has 1 heterocycles. The smallest absolute Gasteiger partial charge is 0.355 e. The molecule has 1 fully saturated rings. The lowest BCUT2D eigenvalue weighted by molar-refractivity contribution is -0.146. The van der Waals surface area contributed by atoms with Gasteiger partial charge in [-0.3, -0.25) is 5.43 Å². The summed E-state index contributed by atoms with van der Waals surface area (Å²) in [6, 6.07) is 0. The molecule has 0 aromatic heterocycles. The predicted octanol–water partition coefficient (Wildman–Crippen LogP) is 2.20. The van der Waals surface area contributed by atoms with Crippen LogP contribution in [0, 0.1) is 5.92 Å². The Hall–Kier alpha value is -1.39. The van der Waals surface area contributed by atoms with Crippen molar-refractivity contribution in [3.63, 3.8) is 0 Å². The summed E-state index contributed by atoms with van der Waals surface area (Å²) >= 11 is 0. The van der Waals surface area contributed by atoms with Crippen molar-refractivity contribution in [2.45, 2.75) is 70.4 Å². The topological polar surface area (TPSA) is 67.8 Å². The molecule has 1 aliphatic carbocycles. The predicted molar refractivity (Wildman–Crippen MR) is 76.4 cm³/mol. The summed E-state index contributed by atoms with van der Waals surface area (Å²) < 4.78 is 5.32. The third-order valence-corrected chi connectivity index (χ3v) is 4.04. The highest BCUT2D eigenvalue weighted by atomic mass is 16.6. The minimum atomic E-state index is -0.702. The molecule has 1 N–H and O–H groups in total. The molecule has 112 valence electrons. The van der Waals surface area contributed by atoms with Crippen molar-refractivity contribution in [2.75, 3.05) is 0 Å². The van der Waals surface area contributed by atoms with E-state index in [1.54, 1.807) is 0 Å². The fourth-order valence-electron chi connectivity index (χ4n) is 3.00. The van der Waals surface area contributed by atoms with Crippen molar-refractivity contribution >= 4 is 18.0 Å². The zero-order valence-corrected chi connectivity index (χ0v) is 12.6. The average molecular weight is 280 g/mol. The fraction of sp³-hybridized carbons (Fsp3) is 0.800. The molecule has 0 aromatic carbocycles. The van der Waals surface area contributed by atoms with Gasteiger partial charge in [-0.15, -0.1) is 0 Å². The van der Waals surface area contributed by atoms with Crippen molar-refractivity contribution in [3.8, 4) is 0 Å². The van der Waals surface area contributed by atoms with Crippen LogP contribution in [-0.2, 0) is 14.3 Å². The van der Waals surface area contributed by atoms with Gasteiger partial charge in [0, 0.05) is 6.42 Å². The molecule has 0 radical (unpaired) electrons. The number of carbonyl (C=O) groups is 2. The van der Waals surface area contributed by atoms with Crippen LogP contribution in [0.25, 0.3) is 0 Å². The molecule has 5 nitrogen and oxygen atoms in total. The maximum absolute atomic E-state index is 12.0. The van der Waals surface area contributed by atoms with Crippen LogP contribution in [0.3, 0.4) is 0 Å². The maximum Gasteiger partial charge on any atom is 0.355 e. The van der Waals surface area contributed by atoms with Crippen molar-refractivity contribution in [2.24, 2.45) is 11.0 Å². The lowest BCUT2D eigenvalue weighted by Crippen LogP contribution is -2.49. The van der Waals surface area contributed by atoms with Gasteiger partial charge >= 0.3 is 5.97 Å². The molecule has 0 unspecified atom stereocenters. The molecule has 2 rings (SSSR count). The first-order valence-electron chi connectivity index (χ1n) is 7.40. The second-order valence-electron chi connectivity index (χ2n) is 6.84. The normalized spacial score (nSPS) is 27.6. The summed E-state index contributed by atoms with van der Waals surface area (Å²) in [5.41, 5.74) is 2.01. The van der Waals surface area contributed by atoms with E-state index in [-0.39, 0.29) is 5.92 Å². The van der Waals surface area contributed by atoms with Gasteiger partial charge in [0.05, 0.1) is 0 Å². The van der Waals surface area contributed by atoms with Gasteiger partial charge in [0.15, 0.2) is 0 Å². The Kier molecular flexibility index (Phi) is 4.16. The third-order valence-electron chi connectivity index (χ3n) is 4.04. The summed E-state index contributed by atoms with van der Waals surface area (Å²) in [6.45, 7) is 5.46. The number of aldehydes is 1. The Bertz CT molecular complexity index is 419. The van der Waals surface area contributed by atoms with Gasteiger partial charge in [-0.2, -0.15) is 5.10 Å². The van der Waals surface area contributed by atoms with E-state index in [1.807, 2.05) is 20.8 Å². The van der Waals surface area contributed by atoms with E-state index < -0.39 is 17.1 Å². The Balaban J connectivity index is 2.04. The van der Waals surface area contributed by atoms with E-state index in [0.717, 1.165) is 32.0 Å². The van der Waals surface area contributed by atoms with Crippen LogP contribution in [0.15, 0.2) is 5.10 Å². The number of carbonyl (C=O) groups excluding carboxylic acids is 2. The summed E-state index contributed by atoms with van der Waals surface area (Å²) in [6.07, 6.45) is 6.82. The van der Waals surface area contributed by atoms with Gasteiger partial charge < -0.3 is 9.53 Å². The van der Waals surface area contributed by atoms with Gasteiger partial charge in [0.25, 0.3) is 0 Å². The number of rotatable bonds is 3. The van der Waals surface area contributed by atoms with E-state index in [9.17, 15) is 9.59 Å². The molecule has 1 saturated carbocycles. The highest BCUT2D eigenvalue weighted by Crippen LogP contribution is 2.36. The second-order valence-corrected chi connectivity index (χ2v) is 6.84. The Morgan fingerprint density at radius 2 is 2.00 bits per heavy atom. The van der Waals surface area contributed by atoms with Gasteiger partial charge in [-0.05, 0) is 39.5 Å². The first-order valence-corrected chi connectivity index (χ1v) is 7.40. The molecule has 0 amide bonds. The molecular formula is C15H24N2O3. The van der Waals surface area contributed by atoms with Gasteiger partial charge in [0.1, 0.15) is 23.1 Å². The largest absolute Gasteiger partial charge is 0.455 e. The first kappa shape index (κ1) is 15.0. The van der Waals surface area contributed by atoms with Crippen LogP contribution >= 0.6 is 0 Å². The SMILES string of the molecule is CC(C)(C)OC(=O)C1=NN[C@@](C=O)(C2CCCCC2)C1. The molecule has 0 bridgehead atoms. The van der Waals surface area contributed by atoms with E-state index >= 15 is 0 Å². The lowest BCUT2D eigenvalue weighted by Gasteiger charge is -2.34. The van der Waals surface area contributed by atoms with Crippen LogP contribution < -0.4 is 5.43 Å². The molecule has 1 aliphatic heterocycles. The molecule has 0 saturated heterocycles. The number of nitrogens with one attached hydrogen (secondary N) is 1. The summed E-state index contributed by atoms with van der Waals surface area (Å²) in [7, 11) is 0. The van der Waals surface area contributed by atoms with Crippen LogP contribution in [0.2, 0.25) is 0 Å². The molecule has 0 aromatic rings. The van der Waals surface area contributed by atoms with E-state index in [1.165, 1.54) is 6.42 Å². The number of esters is 1. The third kappa shape index (κ3) is 3.19. The van der Waals surface area contributed by atoms with E-state index in [0.29, 0.717) is 12.1 Å². The highest BCUT2D eigenvalue weighted by molar-refractivity contribution is 6.37. The molecule has 1 atom stereocenters. The summed E-state index contributed by atoms with van der Waals surface area (Å²) in [4.78, 5) is 23.6. The number of hydrogen-bond acceptors (Lipinski definition) is 5. The summed E-state index contributed by atoms with van der Waals surface area (Å²) in [5.74, 6) is -0.165. The minimum absolute atomic E-state index is 0.262. The average Bonchev–Trinajstić information content (AvgIpc) is 2.84. The zero-order chi connectivity index (χ0) is 14.8. The molecule has 5 heteroatoms. The van der Waals surface area contributed by atoms with E-state index in [4.69, 9.17) is 4.74 Å². The number of ether oxygens (including phenoxy) is 1. The minimum Gasteiger partial charge on any atom is -0.455 e. The van der Waals surface area contributed by atoms with Crippen molar-refractivity contribution in [3.05, 3.63) is 0 Å². The van der Waals surface area contributed by atoms with Crippen molar-refractivity contribution < 1.29 is 14.3 Å². The molecule has 2 aliphatic rings. The monoisotopic (exact) mass is 280 g/mol. The van der Waals surface area contributed by atoms with Crippen molar-refractivity contribution in [1.29, 1.82) is 0 Å². The Labute approximate surface area is 120 Å².